The summed E-state index contributed by atoms with van der Waals surface area (Å²) in [5.41, 5.74) is 0. The maximum absolute atomic E-state index is 13.4. The van der Waals surface area contributed by atoms with E-state index < -0.39 is 67.4 Å². The van der Waals surface area contributed by atoms with E-state index in [9.17, 15) is 35.1 Å². The third kappa shape index (κ3) is 43.5. The van der Waals surface area contributed by atoms with Crippen LogP contribution in [-0.2, 0) is 23.8 Å². The van der Waals surface area contributed by atoms with Gasteiger partial charge in [-0.3, -0.25) is 9.59 Å². The van der Waals surface area contributed by atoms with Crippen LogP contribution in [-0.4, -0.2) is 99.6 Å². The molecule has 8 atom stereocenters. The van der Waals surface area contributed by atoms with Gasteiger partial charge in [-0.1, -0.05) is 279 Å². The minimum Gasteiger partial charge on any atom is -0.454 e. The Balaban J connectivity index is 2.68. The molecule has 8 unspecified atom stereocenters. The second-order valence-corrected chi connectivity index (χ2v) is 22.5. The second-order valence-electron chi connectivity index (χ2n) is 22.5. The van der Waals surface area contributed by atoms with Crippen molar-refractivity contribution < 1.29 is 49.3 Å². The van der Waals surface area contributed by atoms with Crippen LogP contribution in [0.2, 0.25) is 0 Å². The zero-order valence-corrected chi connectivity index (χ0v) is 51.2. The monoisotopic (exact) mass is 1120 g/mol. The first kappa shape index (κ1) is 74.9. The molecule has 0 saturated carbocycles. The molecule has 1 amide bonds. The van der Waals surface area contributed by atoms with E-state index in [2.05, 4.69) is 92.9 Å². The predicted octanol–water partition coefficient (Wildman–Crippen LogP) is 16.1. The van der Waals surface area contributed by atoms with Crippen LogP contribution in [0.25, 0.3) is 0 Å². The van der Waals surface area contributed by atoms with Crippen LogP contribution in [0, 0.1) is 0 Å². The number of rotatable bonds is 55. The number of carbonyl (C=O) groups excluding carboxylic acids is 2. The number of unbranched alkanes of at least 4 members (excludes halogenated alkanes) is 29. The molecule has 11 nitrogen and oxygen atoms in total. The average molecular weight is 1120 g/mol. The number of carbonyl (C=O) groups is 2. The molecular weight excluding hydrogens is 1000 g/mol. The van der Waals surface area contributed by atoms with Crippen LogP contribution >= 0.6 is 0 Å². The quantitative estimate of drug-likeness (QED) is 0.0195. The normalized spacial score (nSPS) is 19.3. The van der Waals surface area contributed by atoms with Crippen LogP contribution in [0.3, 0.4) is 0 Å². The van der Waals surface area contributed by atoms with Gasteiger partial charge in [0, 0.05) is 6.42 Å². The molecule has 1 rings (SSSR count). The molecule has 1 heterocycles. The van der Waals surface area contributed by atoms with E-state index in [0.717, 1.165) is 83.5 Å². The summed E-state index contributed by atoms with van der Waals surface area (Å²) in [6, 6.07) is -1.05. The van der Waals surface area contributed by atoms with Crippen molar-refractivity contribution in [2.24, 2.45) is 0 Å². The summed E-state index contributed by atoms with van der Waals surface area (Å²) in [6.07, 6.45) is 63.4. The minimum atomic E-state index is -1.62. The van der Waals surface area contributed by atoms with Crippen molar-refractivity contribution in [2.75, 3.05) is 13.2 Å². The highest BCUT2D eigenvalue weighted by atomic mass is 16.7. The summed E-state index contributed by atoms with van der Waals surface area (Å²) < 4.78 is 17.6. The Morgan fingerprint density at radius 2 is 0.900 bits per heavy atom. The first-order valence-electron chi connectivity index (χ1n) is 32.9. The number of amides is 1. The van der Waals surface area contributed by atoms with Gasteiger partial charge in [-0.2, -0.15) is 0 Å². The first-order valence-corrected chi connectivity index (χ1v) is 32.9. The molecule has 1 saturated heterocycles. The summed E-state index contributed by atoms with van der Waals surface area (Å²) in [5.74, 6) is -1.24. The summed E-state index contributed by atoms with van der Waals surface area (Å²) >= 11 is 0. The first-order chi connectivity index (χ1) is 39.2. The Bertz CT molecular complexity index is 1620. The van der Waals surface area contributed by atoms with E-state index in [0.29, 0.717) is 19.3 Å². The molecule has 80 heavy (non-hydrogen) atoms. The Kier molecular flexibility index (Phi) is 52.7. The van der Waals surface area contributed by atoms with Crippen molar-refractivity contribution in [1.82, 2.24) is 5.32 Å². The SMILES string of the molecule is CC/C=C\C/C=C\C/C=C\C/C=C\C/C=C\C/C=C\CCCC(O)C(=O)NC(COC1OC(CO)C(O)C(O)C1OC(=O)CCCCCCCCCCCCCCCCCCCCC)C(O)/C=C/CCCCCCCCCCCC. The fourth-order valence-electron chi connectivity index (χ4n) is 9.90. The fraction of sp³-hybridized carbons (Fsp3) is 0.768. The van der Waals surface area contributed by atoms with Crippen LogP contribution < -0.4 is 5.32 Å². The van der Waals surface area contributed by atoms with Crippen LogP contribution in [0.5, 0.6) is 0 Å². The van der Waals surface area contributed by atoms with Gasteiger partial charge in [-0.05, 0) is 77.0 Å². The molecule has 462 valence electrons. The van der Waals surface area contributed by atoms with E-state index in [1.807, 2.05) is 12.2 Å². The minimum absolute atomic E-state index is 0.119. The van der Waals surface area contributed by atoms with Crippen molar-refractivity contribution in [3.63, 3.8) is 0 Å². The zero-order valence-electron chi connectivity index (χ0n) is 51.2. The van der Waals surface area contributed by atoms with Crippen molar-refractivity contribution in [3.05, 3.63) is 85.1 Å². The lowest BCUT2D eigenvalue weighted by Gasteiger charge is -2.41. The van der Waals surface area contributed by atoms with Gasteiger partial charge in [0.2, 0.25) is 5.91 Å². The van der Waals surface area contributed by atoms with Gasteiger partial charge in [0.05, 0.1) is 25.4 Å². The van der Waals surface area contributed by atoms with Crippen molar-refractivity contribution >= 4 is 11.9 Å². The van der Waals surface area contributed by atoms with Gasteiger partial charge >= 0.3 is 5.97 Å². The molecule has 0 bridgehead atoms. The maximum atomic E-state index is 13.4. The van der Waals surface area contributed by atoms with Crippen molar-refractivity contribution in [1.29, 1.82) is 0 Å². The highest BCUT2D eigenvalue weighted by Crippen LogP contribution is 2.26. The predicted molar refractivity (Wildman–Crippen MR) is 333 cm³/mol. The molecule has 6 N–H and O–H groups in total. The van der Waals surface area contributed by atoms with Crippen molar-refractivity contribution in [3.8, 4) is 0 Å². The van der Waals surface area contributed by atoms with E-state index in [1.54, 1.807) is 6.08 Å². The summed E-state index contributed by atoms with van der Waals surface area (Å²) in [6.45, 7) is 5.67. The van der Waals surface area contributed by atoms with Gasteiger partial charge < -0.3 is 45.1 Å². The third-order valence-corrected chi connectivity index (χ3v) is 15.1. The van der Waals surface area contributed by atoms with Crippen LogP contribution in [0.15, 0.2) is 85.1 Å². The maximum Gasteiger partial charge on any atom is 0.306 e. The number of hydrogen-bond acceptors (Lipinski definition) is 10. The van der Waals surface area contributed by atoms with Gasteiger partial charge in [0.1, 0.15) is 24.4 Å². The number of aliphatic hydroxyl groups is 5. The molecule has 1 fully saturated rings. The Labute approximate surface area is 489 Å². The molecule has 0 aromatic heterocycles. The van der Waals surface area contributed by atoms with Crippen molar-refractivity contribution in [2.45, 2.75) is 327 Å². The summed E-state index contributed by atoms with van der Waals surface area (Å²) in [5, 5.41) is 57.0. The number of hydrogen-bond donors (Lipinski definition) is 6. The highest BCUT2D eigenvalue weighted by Gasteiger charge is 2.47. The number of nitrogens with one attached hydrogen (secondary N) is 1. The topological polar surface area (TPSA) is 175 Å². The number of allylic oxidation sites excluding steroid dienone is 13. The Hall–Kier alpha value is -3.16. The van der Waals surface area contributed by atoms with Gasteiger partial charge in [-0.15, -0.1) is 0 Å². The van der Waals surface area contributed by atoms with E-state index in [-0.39, 0.29) is 19.4 Å². The summed E-state index contributed by atoms with van der Waals surface area (Å²) in [7, 11) is 0. The molecule has 0 aromatic carbocycles. The molecular formula is C69H121NO10. The van der Waals surface area contributed by atoms with E-state index in [1.165, 1.54) is 141 Å². The number of aliphatic hydroxyl groups excluding tert-OH is 5. The van der Waals surface area contributed by atoms with Gasteiger partial charge in [0.15, 0.2) is 12.4 Å². The molecule has 11 heteroatoms. The second kappa shape index (κ2) is 56.3. The lowest BCUT2D eigenvalue weighted by Crippen LogP contribution is -2.61. The van der Waals surface area contributed by atoms with Gasteiger partial charge in [-0.25, -0.2) is 0 Å². The zero-order chi connectivity index (χ0) is 58.2. The number of ether oxygens (including phenoxy) is 3. The molecule has 1 aliphatic rings. The standard InChI is InChI=1S/C69H121NO10/c1-4-7-10-13-16-19-22-25-27-29-31-33-34-36-38-41-44-47-50-53-56-62(73)68(77)70-60(61(72)55-52-49-46-43-40-24-21-18-15-12-9-6-3)59-78-69-67(66(76)65(75)63(58-71)79-69)80-64(74)57-54-51-48-45-42-39-37-35-32-30-28-26-23-20-17-14-11-8-5-2/h7,10,16,19,25,27,31,33,36,38,44,47,52,55,60-63,65-67,69,71-73,75-76H,4-6,8-9,11-15,17-18,20-24,26,28-30,32,34-35,37,39-43,45-46,48-51,53-54,56-59H2,1-3H3,(H,70,77)/b10-7-,19-16-,27-25-,33-31-,38-36-,47-44-,55-52+. The molecule has 0 aliphatic carbocycles. The molecule has 1 aliphatic heterocycles. The smallest absolute Gasteiger partial charge is 0.306 e. The fourth-order valence-corrected chi connectivity index (χ4v) is 9.90. The molecule has 0 radical (unpaired) electrons. The lowest BCUT2D eigenvalue weighted by molar-refractivity contribution is -0.305. The highest BCUT2D eigenvalue weighted by molar-refractivity contribution is 5.80. The Morgan fingerprint density at radius 3 is 1.34 bits per heavy atom. The van der Waals surface area contributed by atoms with Crippen LogP contribution in [0.4, 0.5) is 0 Å². The largest absolute Gasteiger partial charge is 0.454 e. The van der Waals surface area contributed by atoms with Crippen LogP contribution in [0.1, 0.15) is 278 Å². The van der Waals surface area contributed by atoms with E-state index in [4.69, 9.17) is 14.2 Å². The lowest BCUT2D eigenvalue weighted by atomic mass is 9.99. The van der Waals surface area contributed by atoms with Gasteiger partial charge in [0.25, 0.3) is 0 Å². The summed E-state index contributed by atoms with van der Waals surface area (Å²) in [4.78, 5) is 26.6. The molecule has 0 spiro atoms. The number of esters is 1. The average Bonchev–Trinajstić information content (AvgIpc) is 3.45. The third-order valence-electron chi connectivity index (χ3n) is 15.1. The molecule has 0 aromatic rings. The van der Waals surface area contributed by atoms with E-state index >= 15 is 0 Å². The Morgan fingerprint density at radius 1 is 0.500 bits per heavy atom.